The molecule has 0 amide bonds. The molecule has 0 saturated heterocycles. The Morgan fingerprint density at radius 3 is 2.55 bits per heavy atom. The predicted molar refractivity (Wildman–Crippen MR) is 80.8 cm³/mol. The maximum Gasteiger partial charge on any atom is 0.311 e. The first-order chi connectivity index (χ1) is 9.40. The lowest BCUT2D eigenvalue weighted by molar-refractivity contribution is -0.138. The number of aromatic nitrogens is 1. The molecule has 0 saturated carbocycles. The summed E-state index contributed by atoms with van der Waals surface area (Å²) in [5, 5.41) is 9.80. The van der Waals surface area contributed by atoms with Crippen molar-refractivity contribution in [1.29, 1.82) is 0 Å². The fraction of sp³-hybridized carbons (Fsp3) is 0.286. The van der Waals surface area contributed by atoms with Gasteiger partial charge < -0.3 is 9.67 Å². The zero-order valence-electron chi connectivity index (χ0n) is 11.4. The van der Waals surface area contributed by atoms with E-state index in [1.54, 1.807) is 19.1 Å². The van der Waals surface area contributed by atoms with E-state index in [9.17, 15) is 4.79 Å². The van der Waals surface area contributed by atoms with Crippen molar-refractivity contribution in [1.82, 2.24) is 4.57 Å². The van der Waals surface area contributed by atoms with Crippen LogP contribution in [0.3, 0.4) is 0 Å². The summed E-state index contributed by atoms with van der Waals surface area (Å²) in [6.07, 6.45) is 0. The van der Waals surface area contributed by atoms with E-state index in [0.29, 0.717) is 5.02 Å². The summed E-state index contributed by atoms with van der Waals surface area (Å²) in [6, 6.07) is 7.22. The Kier molecular flexibility index (Phi) is 4.30. The van der Waals surface area contributed by atoms with Crippen LogP contribution < -0.4 is 4.80 Å². The Morgan fingerprint density at radius 2 is 2.00 bits per heavy atom. The van der Waals surface area contributed by atoms with Crippen LogP contribution in [0, 0.1) is 6.92 Å². The Bertz CT molecular complexity index is 701. The van der Waals surface area contributed by atoms with Gasteiger partial charge in [0.05, 0.1) is 11.6 Å². The normalized spacial score (nSPS) is 13.5. The molecular formula is C14H15ClN2O2S. The lowest BCUT2D eigenvalue weighted by Crippen LogP contribution is -2.11. The quantitative estimate of drug-likeness (QED) is 0.943. The molecule has 2 rings (SSSR count). The van der Waals surface area contributed by atoms with Crippen molar-refractivity contribution in [2.24, 2.45) is 12.0 Å². The molecule has 0 bridgehead atoms. The molecule has 106 valence electrons. The third-order valence-electron chi connectivity index (χ3n) is 3.16. The van der Waals surface area contributed by atoms with Crippen molar-refractivity contribution in [2.75, 3.05) is 0 Å². The van der Waals surface area contributed by atoms with Gasteiger partial charge in [-0.1, -0.05) is 11.6 Å². The summed E-state index contributed by atoms with van der Waals surface area (Å²) in [5.41, 5.74) is 1.72. The number of carboxylic acid groups (broad SMARTS) is 1. The molecule has 2 aromatic rings. The molecule has 1 atom stereocenters. The largest absolute Gasteiger partial charge is 0.481 e. The number of carboxylic acids is 1. The highest BCUT2D eigenvalue weighted by atomic mass is 35.5. The SMILES string of the molecule is Cc1c(C(C)C(=O)O)sc(=Nc2ccc(Cl)cc2)n1C. The Hall–Kier alpha value is -1.59. The number of nitrogens with zero attached hydrogens (tertiary/aromatic N) is 2. The van der Waals surface area contributed by atoms with E-state index in [1.807, 2.05) is 30.7 Å². The van der Waals surface area contributed by atoms with Crippen molar-refractivity contribution >= 4 is 34.6 Å². The lowest BCUT2D eigenvalue weighted by Gasteiger charge is -2.04. The van der Waals surface area contributed by atoms with Crippen LogP contribution in [0.15, 0.2) is 29.3 Å². The molecule has 1 aromatic heterocycles. The summed E-state index contributed by atoms with van der Waals surface area (Å²) in [6.45, 7) is 3.60. The Morgan fingerprint density at radius 1 is 1.40 bits per heavy atom. The van der Waals surface area contributed by atoms with Crippen molar-refractivity contribution in [2.45, 2.75) is 19.8 Å². The summed E-state index contributed by atoms with van der Waals surface area (Å²) in [5.74, 6) is -1.35. The molecule has 0 aliphatic rings. The van der Waals surface area contributed by atoms with Crippen LogP contribution in [0.25, 0.3) is 0 Å². The molecule has 1 unspecified atom stereocenters. The van der Waals surface area contributed by atoms with Crippen LogP contribution >= 0.6 is 22.9 Å². The maximum absolute atomic E-state index is 11.1. The first kappa shape index (κ1) is 14.8. The Balaban J connectivity index is 2.50. The van der Waals surface area contributed by atoms with Crippen molar-refractivity contribution in [3.8, 4) is 0 Å². The first-order valence-electron chi connectivity index (χ1n) is 6.09. The second-order valence-electron chi connectivity index (χ2n) is 4.54. The van der Waals surface area contributed by atoms with Gasteiger partial charge in [-0.15, -0.1) is 11.3 Å². The van der Waals surface area contributed by atoms with Crippen molar-refractivity contribution < 1.29 is 9.90 Å². The van der Waals surface area contributed by atoms with Gasteiger partial charge in [0.25, 0.3) is 0 Å². The van der Waals surface area contributed by atoms with E-state index in [0.717, 1.165) is 21.1 Å². The number of hydrogen-bond donors (Lipinski definition) is 1. The summed E-state index contributed by atoms with van der Waals surface area (Å²) in [7, 11) is 1.89. The number of halogens is 1. The zero-order chi connectivity index (χ0) is 14.9. The van der Waals surface area contributed by atoms with Gasteiger partial charge >= 0.3 is 5.97 Å². The monoisotopic (exact) mass is 310 g/mol. The number of aliphatic carboxylic acids is 1. The van der Waals surface area contributed by atoms with Gasteiger partial charge in [-0.25, -0.2) is 4.99 Å². The fourth-order valence-electron chi connectivity index (χ4n) is 1.79. The molecule has 4 nitrogen and oxygen atoms in total. The summed E-state index contributed by atoms with van der Waals surface area (Å²) < 4.78 is 1.91. The van der Waals surface area contributed by atoms with Crippen LogP contribution in [0.5, 0.6) is 0 Å². The highest BCUT2D eigenvalue weighted by Crippen LogP contribution is 2.23. The Labute approximate surface area is 126 Å². The highest BCUT2D eigenvalue weighted by molar-refractivity contribution is 7.09. The third-order valence-corrected chi connectivity index (χ3v) is 4.83. The van der Waals surface area contributed by atoms with Gasteiger partial charge in [0, 0.05) is 22.6 Å². The molecule has 1 N–H and O–H groups in total. The minimum Gasteiger partial charge on any atom is -0.481 e. The van der Waals surface area contributed by atoms with Crippen molar-refractivity contribution in [3.63, 3.8) is 0 Å². The average molecular weight is 311 g/mol. The molecule has 0 fully saturated rings. The number of thiazole rings is 1. The smallest absolute Gasteiger partial charge is 0.311 e. The van der Waals surface area contributed by atoms with Gasteiger partial charge in [-0.3, -0.25) is 4.79 Å². The van der Waals surface area contributed by atoms with Gasteiger partial charge in [0.15, 0.2) is 4.80 Å². The molecular weight excluding hydrogens is 296 g/mol. The van der Waals surface area contributed by atoms with Crippen LogP contribution in [-0.2, 0) is 11.8 Å². The molecule has 20 heavy (non-hydrogen) atoms. The molecule has 0 aliphatic heterocycles. The minimum absolute atomic E-state index is 0.527. The number of rotatable bonds is 3. The standard InChI is InChI=1S/C14H15ClN2O2S/c1-8(13(18)19)12-9(2)17(3)14(20-12)16-11-6-4-10(15)5-7-11/h4-8H,1-3H3,(H,18,19). The van der Waals surface area contributed by atoms with Crippen LogP contribution in [-0.4, -0.2) is 15.6 Å². The average Bonchev–Trinajstić information content (AvgIpc) is 2.69. The third kappa shape index (κ3) is 2.94. The lowest BCUT2D eigenvalue weighted by atomic mass is 10.1. The van der Waals surface area contributed by atoms with E-state index >= 15 is 0 Å². The van der Waals surface area contributed by atoms with E-state index in [-0.39, 0.29) is 0 Å². The zero-order valence-corrected chi connectivity index (χ0v) is 13.0. The second kappa shape index (κ2) is 5.81. The topological polar surface area (TPSA) is 54.6 Å². The molecule has 0 spiro atoms. The molecule has 0 aliphatic carbocycles. The molecule has 6 heteroatoms. The van der Waals surface area contributed by atoms with Crippen LogP contribution in [0.2, 0.25) is 5.02 Å². The van der Waals surface area contributed by atoms with Crippen LogP contribution in [0.4, 0.5) is 5.69 Å². The summed E-state index contributed by atoms with van der Waals surface area (Å²) in [4.78, 5) is 17.3. The van der Waals surface area contributed by atoms with Crippen LogP contribution in [0.1, 0.15) is 23.4 Å². The molecule has 1 aromatic carbocycles. The minimum atomic E-state index is -0.826. The van der Waals surface area contributed by atoms with Gasteiger partial charge in [0.1, 0.15) is 0 Å². The van der Waals surface area contributed by atoms with E-state index in [1.165, 1.54) is 11.3 Å². The predicted octanol–water partition coefficient (Wildman–Crippen LogP) is 3.47. The van der Waals surface area contributed by atoms with Crippen molar-refractivity contribution in [3.05, 3.63) is 44.7 Å². The van der Waals surface area contributed by atoms with E-state index < -0.39 is 11.9 Å². The van der Waals surface area contributed by atoms with Gasteiger partial charge in [-0.05, 0) is 38.1 Å². The van der Waals surface area contributed by atoms with Gasteiger partial charge in [-0.2, -0.15) is 0 Å². The van der Waals surface area contributed by atoms with E-state index in [2.05, 4.69) is 4.99 Å². The fourth-order valence-corrected chi connectivity index (χ4v) is 3.10. The maximum atomic E-state index is 11.1. The first-order valence-corrected chi connectivity index (χ1v) is 7.29. The number of carbonyl (C=O) groups is 1. The molecule has 1 heterocycles. The highest BCUT2D eigenvalue weighted by Gasteiger charge is 2.20. The second-order valence-corrected chi connectivity index (χ2v) is 5.99. The van der Waals surface area contributed by atoms with Gasteiger partial charge in [0.2, 0.25) is 0 Å². The molecule has 0 radical (unpaired) electrons. The number of hydrogen-bond acceptors (Lipinski definition) is 3. The van der Waals surface area contributed by atoms with E-state index in [4.69, 9.17) is 16.7 Å². The number of benzene rings is 1. The summed E-state index contributed by atoms with van der Waals surface area (Å²) >= 11 is 7.25.